The van der Waals surface area contributed by atoms with Crippen molar-refractivity contribution in [1.29, 1.82) is 0 Å². The molecule has 4 heterocycles. The average molecular weight is 609 g/mol. The van der Waals surface area contributed by atoms with Gasteiger partial charge < -0.3 is 26.2 Å². The molecule has 2 aliphatic rings. The number of primary amides is 1. The standard InChI is InChI=1S/C33H32N6O4S/c1-20(29(34)40)36-32(42)27-19-22-14-18-39(26-9-3-2-7-24(26)28(22)44-27)33(43)21-10-12-23(13-11-21)37-31(41)25-8-6-15-35-30(25)38-16-4-5-17-38/h2-3,6-13,15,19-20H,4-5,14,16-18H2,1H3,(H2,34,40)(H,36,42)(H,37,41)/t20-/m0/s1. The lowest BCUT2D eigenvalue weighted by Gasteiger charge is -2.23. The van der Waals surface area contributed by atoms with Gasteiger partial charge in [-0.15, -0.1) is 11.3 Å². The van der Waals surface area contributed by atoms with Crippen LogP contribution in [0.5, 0.6) is 0 Å². The maximum atomic E-state index is 13.8. The van der Waals surface area contributed by atoms with E-state index in [1.165, 1.54) is 11.3 Å². The second-order valence-electron chi connectivity index (χ2n) is 10.9. The Kier molecular flexibility index (Phi) is 8.12. The molecule has 0 radical (unpaired) electrons. The van der Waals surface area contributed by atoms with Crippen molar-refractivity contribution in [1.82, 2.24) is 10.3 Å². The van der Waals surface area contributed by atoms with Crippen LogP contribution in [0.1, 0.15) is 55.7 Å². The van der Waals surface area contributed by atoms with Crippen molar-refractivity contribution in [2.24, 2.45) is 5.73 Å². The summed E-state index contributed by atoms with van der Waals surface area (Å²) in [6.07, 6.45) is 4.41. The quantitative estimate of drug-likeness (QED) is 0.283. The number of fused-ring (bicyclic) bond motifs is 3. The normalized spacial score (nSPS) is 14.7. The van der Waals surface area contributed by atoms with E-state index in [0.29, 0.717) is 40.5 Å². The zero-order chi connectivity index (χ0) is 30.8. The number of anilines is 3. The van der Waals surface area contributed by atoms with Gasteiger partial charge in [0.15, 0.2) is 0 Å². The molecule has 0 unspecified atom stereocenters. The first-order valence-electron chi connectivity index (χ1n) is 14.6. The molecule has 2 aliphatic heterocycles. The van der Waals surface area contributed by atoms with Crippen molar-refractivity contribution in [2.45, 2.75) is 32.2 Å². The van der Waals surface area contributed by atoms with Gasteiger partial charge in [-0.05, 0) is 80.3 Å². The Balaban J connectivity index is 1.19. The fourth-order valence-electron chi connectivity index (χ4n) is 5.56. The van der Waals surface area contributed by atoms with Crippen molar-refractivity contribution in [2.75, 3.05) is 34.8 Å². The number of nitrogens with one attached hydrogen (secondary N) is 2. The molecule has 0 spiro atoms. The van der Waals surface area contributed by atoms with Crippen molar-refractivity contribution >= 4 is 52.2 Å². The topological polar surface area (TPSA) is 138 Å². The number of para-hydroxylation sites is 1. The van der Waals surface area contributed by atoms with Gasteiger partial charge >= 0.3 is 0 Å². The number of nitrogens with two attached hydrogens (primary N) is 1. The number of nitrogens with zero attached hydrogens (tertiary/aromatic N) is 3. The van der Waals surface area contributed by atoms with E-state index in [1.54, 1.807) is 54.4 Å². The number of carbonyl (C=O) groups is 4. The Bertz CT molecular complexity index is 1750. The van der Waals surface area contributed by atoms with Gasteiger partial charge in [-0.1, -0.05) is 18.2 Å². The smallest absolute Gasteiger partial charge is 0.262 e. The van der Waals surface area contributed by atoms with Crippen LogP contribution >= 0.6 is 11.3 Å². The Morgan fingerprint density at radius 3 is 2.43 bits per heavy atom. The van der Waals surface area contributed by atoms with Crippen LogP contribution in [0.2, 0.25) is 0 Å². The fraction of sp³-hybridized carbons (Fsp3) is 0.242. The van der Waals surface area contributed by atoms with E-state index in [9.17, 15) is 19.2 Å². The lowest BCUT2D eigenvalue weighted by atomic mass is 10.1. The van der Waals surface area contributed by atoms with Gasteiger partial charge in [0.1, 0.15) is 11.9 Å². The lowest BCUT2D eigenvalue weighted by Crippen LogP contribution is -2.41. The van der Waals surface area contributed by atoms with E-state index in [2.05, 4.69) is 20.5 Å². The molecule has 10 nitrogen and oxygen atoms in total. The SMILES string of the molecule is C[C@H](NC(=O)c1cc2c(s1)-c1ccccc1N(C(=O)c1ccc(NC(=O)c3cccnc3N3CCCC3)cc1)CC2)C(N)=O. The lowest BCUT2D eigenvalue weighted by molar-refractivity contribution is -0.119. The molecule has 44 heavy (non-hydrogen) atoms. The number of hydrogen-bond acceptors (Lipinski definition) is 7. The summed E-state index contributed by atoms with van der Waals surface area (Å²) in [5.74, 6) is -0.684. The molecular formula is C33H32N6O4S. The van der Waals surface area contributed by atoms with Gasteiger partial charge in [0.25, 0.3) is 17.7 Å². The van der Waals surface area contributed by atoms with Crippen molar-refractivity contribution in [3.05, 3.63) is 94.5 Å². The molecule has 4 amide bonds. The summed E-state index contributed by atoms with van der Waals surface area (Å²) in [7, 11) is 0. The molecule has 1 fully saturated rings. The fourth-order valence-corrected chi connectivity index (χ4v) is 6.71. The summed E-state index contributed by atoms with van der Waals surface area (Å²) >= 11 is 1.33. The van der Waals surface area contributed by atoms with Gasteiger partial charge in [0, 0.05) is 47.5 Å². The van der Waals surface area contributed by atoms with Crippen molar-refractivity contribution < 1.29 is 19.2 Å². The van der Waals surface area contributed by atoms with Crippen LogP contribution in [0.15, 0.2) is 72.9 Å². The summed E-state index contributed by atoms with van der Waals surface area (Å²) in [5, 5.41) is 5.58. The molecule has 2 aromatic carbocycles. The Morgan fingerprint density at radius 1 is 0.932 bits per heavy atom. The molecule has 0 saturated carbocycles. The minimum atomic E-state index is -0.785. The number of benzene rings is 2. The largest absolute Gasteiger partial charge is 0.368 e. The van der Waals surface area contributed by atoms with Crippen molar-refractivity contribution in [3.63, 3.8) is 0 Å². The minimum Gasteiger partial charge on any atom is -0.368 e. The molecule has 1 saturated heterocycles. The van der Waals surface area contributed by atoms with E-state index in [1.807, 2.05) is 30.3 Å². The maximum Gasteiger partial charge on any atom is 0.262 e. The van der Waals surface area contributed by atoms with E-state index in [4.69, 9.17) is 5.73 Å². The molecule has 11 heteroatoms. The predicted molar refractivity (Wildman–Crippen MR) is 171 cm³/mol. The highest BCUT2D eigenvalue weighted by Gasteiger charge is 2.28. The van der Waals surface area contributed by atoms with Gasteiger partial charge in [0.2, 0.25) is 5.91 Å². The highest BCUT2D eigenvalue weighted by atomic mass is 32.1. The summed E-state index contributed by atoms with van der Waals surface area (Å²) in [5.41, 5.74) is 9.45. The number of pyridine rings is 1. The van der Waals surface area contributed by atoms with Crippen LogP contribution in [-0.2, 0) is 11.2 Å². The first-order valence-corrected chi connectivity index (χ1v) is 15.4. The van der Waals surface area contributed by atoms with Gasteiger partial charge in [-0.25, -0.2) is 4.98 Å². The predicted octanol–water partition coefficient (Wildman–Crippen LogP) is 4.47. The highest BCUT2D eigenvalue weighted by Crippen LogP contribution is 2.42. The summed E-state index contributed by atoms with van der Waals surface area (Å²) in [6.45, 7) is 3.73. The summed E-state index contributed by atoms with van der Waals surface area (Å²) in [6, 6.07) is 19.1. The van der Waals surface area contributed by atoms with Crippen LogP contribution in [0, 0.1) is 0 Å². The monoisotopic (exact) mass is 608 g/mol. The molecule has 0 bridgehead atoms. The van der Waals surface area contributed by atoms with Crippen LogP contribution < -0.4 is 26.2 Å². The first kappa shape index (κ1) is 29.1. The third kappa shape index (κ3) is 5.78. The number of thiophene rings is 1. The van der Waals surface area contributed by atoms with Gasteiger partial charge in [0.05, 0.1) is 16.1 Å². The Hall–Kier alpha value is -5.03. The molecule has 1 atom stereocenters. The molecule has 0 aliphatic carbocycles. The Morgan fingerprint density at radius 2 is 1.68 bits per heavy atom. The average Bonchev–Trinajstić information content (AvgIpc) is 3.70. The van der Waals surface area contributed by atoms with E-state index < -0.39 is 11.9 Å². The number of amides is 4. The zero-order valence-electron chi connectivity index (χ0n) is 24.2. The Labute approximate surface area is 258 Å². The number of rotatable bonds is 7. The van der Waals surface area contributed by atoms with E-state index >= 15 is 0 Å². The molecule has 6 rings (SSSR count). The molecular weight excluding hydrogens is 576 g/mol. The highest BCUT2D eigenvalue weighted by molar-refractivity contribution is 7.17. The van der Waals surface area contributed by atoms with Crippen LogP contribution in [0.4, 0.5) is 17.2 Å². The summed E-state index contributed by atoms with van der Waals surface area (Å²) in [4.78, 5) is 60.9. The second-order valence-corrected chi connectivity index (χ2v) is 11.9. The second kappa shape index (κ2) is 12.3. The van der Waals surface area contributed by atoms with Crippen LogP contribution in [0.25, 0.3) is 10.4 Å². The van der Waals surface area contributed by atoms with Gasteiger partial charge in [-0.2, -0.15) is 0 Å². The van der Waals surface area contributed by atoms with Crippen LogP contribution in [-0.4, -0.2) is 54.3 Å². The number of hydrogen-bond donors (Lipinski definition) is 3. The molecule has 224 valence electrons. The number of aromatic nitrogens is 1. The van der Waals surface area contributed by atoms with Crippen LogP contribution in [0.3, 0.4) is 0 Å². The third-order valence-electron chi connectivity index (χ3n) is 7.92. The molecule has 2 aromatic heterocycles. The van der Waals surface area contributed by atoms with Gasteiger partial charge in [-0.3, -0.25) is 19.2 Å². The minimum absolute atomic E-state index is 0.165. The molecule has 4 N–H and O–H groups in total. The maximum absolute atomic E-state index is 13.8. The molecule has 4 aromatic rings. The summed E-state index contributed by atoms with van der Waals surface area (Å²) < 4.78 is 0. The van der Waals surface area contributed by atoms with E-state index in [-0.39, 0.29) is 17.7 Å². The van der Waals surface area contributed by atoms with Crippen molar-refractivity contribution in [3.8, 4) is 10.4 Å². The first-order chi connectivity index (χ1) is 21.3. The van der Waals surface area contributed by atoms with E-state index in [0.717, 1.165) is 47.6 Å². The third-order valence-corrected chi connectivity index (χ3v) is 9.13. The number of carbonyl (C=O) groups excluding carboxylic acids is 4. The zero-order valence-corrected chi connectivity index (χ0v) is 25.0.